The van der Waals surface area contributed by atoms with E-state index in [9.17, 15) is 14.0 Å². The number of carbonyl (C=O) groups is 2. The third-order valence-electron chi connectivity index (χ3n) is 4.10. The van der Waals surface area contributed by atoms with E-state index >= 15 is 0 Å². The Labute approximate surface area is 144 Å². The maximum absolute atomic E-state index is 14.0. The van der Waals surface area contributed by atoms with Gasteiger partial charge in [-0.1, -0.05) is 23.7 Å². The van der Waals surface area contributed by atoms with Crippen LogP contribution >= 0.6 is 11.6 Å². The Morgan fingerprint density at radius 2 is 1.88 bits per heavy atom. The number of benzene rings is 2. The van der Waals surface area contributed by atoms with Gasteiger partial charge in [-0.15, -0.1) is 0 Å². The van der Waals surface area contributed by atoms with E-state index in [0.29, 0.717) is 23.6 Å². The van der Waals surface area contributed by atoms with Crippen LogP contribution in [0.4, 0.5) is 15.8 Å². The molecule has 0 unspecified atom stereocenters. The summed E-state index contributed by atoms with van der Waals surface area (Å²) in [7, 11) is 0. The van der Waals surface area contributed by atoms with Crippen molar-refractivity contribution in [1.82, 2.24) is 0 Å². The van der Waals surface area contributed by atoms with Crippen LogP contribution in [0.3, 0.4) is 0 Å². The predicted octanol–water partition coefficient (Wildman–Crippen LogP) is 4.11. The molecular weight excluding hydrogens is 331 g/mol. The van der Waals surface area contributed by atoms with Gasteiger partial charge in [0.1, 0.15) is 5.82 Å². The van der Waals surface area contributed by atoms with Crippen molar-refractivity contribution in [3.63, 3.8) is 0 Å². The largest absolute Gasteiger partial charge is 0.326 e. The predicted molar refractivity (Wildman–Crippen MR) is 91.7 cm³/mol. The summed E-state index contributed by atoms with van der Waals surface area (Å²) in [4.78, 5) is 23.8. The zero-order valence-corrected chi connectivity index (χ0v) is 13.8. The molecule has 4 nitrogen and oxygen atoms in total. The van der Waals surface area contributed by atoms with Gasteiger partial charge in [0, 0.05) is 17.6 Å². The summed E-state index contributed by atoms with van der Waals surface area (Å²) >= 11 is 6.01. The summed E-state index contributed by atoms with van der Waals surface area (Å²) in [5.74, 6) is -1.10. The van der Waals surface area contributed by atoms with Gasteiger partial charge in [0.05, 0.1) is 11.1 Å². The minimum Gasteiger partial charge on any atom is -0.326 e. The first-order valence-corrected chi connectivity index (χ1v) is 7.93. The van der Waals surface area contributed by atoms with Crippen LogP contribution in [0.15, 0.2) is 42.5 Å². The van der Waals surface area contributed by atoms with Crippen LogP contribution in [-0.4, -0.2) is 11.8 Å². The first-order chi connectivity index (χ1) is 11.4. The van der Waals surface area contributed by atoms with Crippen molar-refractivity contribution >= 4 is 34.8 Å². The van der Waals surface area contributed by atoms with E-state index in [2.05, 4.69) is 10.6 Å². The second-order valence-electron chi connectivity index (χ2n) is 5.92. The molecule has 1 aliphatic carbocycles. The number of anilines is 2. The summed E-state index contributed by atoms with van der Waals surface area (Å²) in [6, 6.07) is 11.2. The first-order valence-electron chi connectivity index (χ1n) is 7.55. The van der Waals surface area contributed by atoms with E-state index in [4.69, 9.17) is 11.6 Å². The Hall–Kier alpha value is -2.40. The Balaban J connectivity index is 1.83. The number of amides is 2. The zero-order valence-electron chi connectivity index (χ0n) is 13.0. The highest BCUT2D eigenvalue weighted by Gasteiger charge is 2.51. The fourth-order valence-electron chi connectivity index (χ4n) is 2.70. The van der Waals surface area contributed by atoms with E-state index < -0.39 is 11.2 Å². The first kappa shape index (κ1) is 16.5. The monoisotopic (exact) mass is 346 g/mol. The van der Waals surface area contributed by atoms with E-state index in [1.165, 1.54) is 25.1 Å². The Bertz CT molecular complexity index is 818. The molecule has 2 aromatic carbocycles. The van der Waals surface area contributed by atoms with Gasteiger partial charge in [0.15, 0.2) is 0 Å². The lowest BCUT2D eigenvalue weighted by Crippen LogP contribution is -2.28. The Kier molecular flexibility index (Phi) is 4.28. The molecule has 0 bridgehead atoms. The number of hydrogen-bond acceptors (Lipinski definition) is 2. The third-order valence-corrected chi connectivity index (χ3v) is 4.33. The summed E-state index contributed by atoms with van der Waals surface area (Å²) in [6.07, 6.45) is 1.37. The fourth-order valence-corrected chi connectivity index (χ4v) is 2.89. The van der Waals surface area contributed by atoms with Gasteiger partial charge in [0.2, 0.25) is 11.8 Å². The van der Waals surface area contributed by atoms with Crippen LogP contribution in [0.25, 0.3) is 0 Å². The number of nitrogens with one attached hydrogen (secondary N) is 2. The van der Waals surface area contributed by atoms with E-state index in [1.54, 1.807) is 18.2 Å². The molecule has 2 N–H and O–H groups in total. The highest BCUT2D eigenvalue weighted by molar-refractivity contribution is 6.30. The maximum atomic E-state index is 14.0. The molecule has 124 valence electrons. The molecule has 0 aromatic heterocycles. The molecule has 1 fully saturated rings. The highest BCUT2D eigenvalue weighted by Crippen LogP contribution is 2.49. The molecule has 3 rings (SSSR count). The molecule has 1 aliphatic rings. The SMILES string of the molecule is CC(=O)Nc1ccc(F)c(NC(=O)C2(c3cccc(Cl)c3)CC2)c1. The molecule has 0 aliphatic heterocycles. The summed E-state index contributed by atoms with van der Waals surface area (Å²) in [5, 5.41) is 5.76. The quantitative estimate of drug-likeness (QED) is 0.875. The summed E-state index contributed by atoms with van der Waals surface area (Å²) < 4.78 is 14.0. The normalized spacial score (nSPS) is 14.8. The minimum absolute atomic E-state index is 0.0413. The van der Waals surface area contributed by atoms with Gasteiger partial charge < -0.3 is 10.6 Å². The molecule has 2 amide bonds. The Morgan fingerprint density at radius 3 is 2.50 bits per heavy atom. The maximum Gasteiger partial charge on any atom is 0.235 e. The number of halogens is 2. The van der Waals surface area contributed by atoms with Crippen molar-refractivity contribution in [3.8, 4) is 0 Å². The molecule has 1 saturated carbocycles. The van der Waals surface area contributed by atoms with Gasteiger partial charge in [0.25, 0.3) is 0 Å². The van der Waals surface area contributed by atoms with Crippen LogP contribution in [0.2, 0.25) is 5.02 Å². The van der Waals surface area contributed by atoms with Gasteiger partial charge in [-0.2, -0.15) is 0 Å². The molecule has 0 atom stereocenters. The average molecular weight is 347 g/mol. The third kappa shape index (κ3) is 3.26. The molecule has 24 heavy (non-hydrogen) atoms. The van der Waals surface area contributed by atoms with Gasteiger partial charge in [-0.3, -0.25) is 9.59 Å². The molecule has 0 spiro atoms. The topological polar surface area (TPSA) is 58.2 Å². The molecular formula is C18H16ClFN2O2. The lowest BCUT2D eigenvalue weighted by atomic mass is 9.95. The second-order valence-corrected chi connectivity index (χ2v) is 6.36. The summed E-state index contributed by atoms with van der Waals surface area (Å²) in [5.41, 5.74) is 0.624. The van der Waals surface area contributed by atoms with Crippen molar-refractivity contribution in [3.05, 3.63) is 58.9 Å². The fraction of sp³-hybridized carbons (Fsp3) is 0.222. The smallest absolute Gasteiger partial charge is 0.235 e. The van der Waals surface area contributed by atoms with Crippen LogP contribution in [0.5, 0.6) is 0 Å². The van der Waals surface area contributed by atoms with E-state index in [1.807, 2.05) is 6.07 Å². The number of carbonyl (C=O) groups excluding carboxylic acids is 2. The average Bonchev–Trinajstić information content (AvgIpc) is 3.32. The van der Waals surface area contributed by atoms with Crippen molar-refractivity contribution in [2.24, 2.45) is 0 Å². The van der Waals surface area contributed by atoms with Gasteiger partial charge in [-0.25, -0.2) is 4.39 Å². The molecule has 0 saturated heterocycles. The van der Waals surface area contributed by atoms with Crippen LogP contribution in [0, 0.1) is 5.82 Å². The van der Waals surface area contributed by atoms with E-state index in [-0.39, 0.29) is 17.5 Å². The van der Waals surface area contributed by atoms with Crippen molar-refractivity contribution < 1.29 is 14.0 Å². The van der Waals surface area contributed by atoms with Crippen LogP contribution < -0.4 is 10.6 Å². The van der Waals surface area contributed by atoms with Crippen LogP contribution in [-0.2, 0) is 15.0 Å². The number of rotatable bonds is 4. The molecule has 0 heterocycles. The second kappa shape index (κ2) is 6.24. The number of hydrogen-bond donors (Lipinski definition) is 2. The van der Waals surface area contributed by atoms with Gasteiger partial charge >= 0.3 is 0 Å². The lowest BCUT2D eigenvalue weighted by Gasteiger charge is -2.17. The van der Waals surface area contributed by atoms with E-state index in [0.717, 1.165) is 5.56 Å². The Morgan fingerprint density at radius 1 is 1.12 bits per heavy atom. The standard InChI is InChI=1S/C18H16ClFN2O2/c1-11(23)21-14-5-6-15(20)16(10-14)22-17(24)18(7-8-18)12-3-2-4-13(19)9-12/h2-6,9-10H,7-8H2,1H3,(H,21,23)(H,22,24). The van der Waals surface area contributed by atoms with Crippen molar-refractivity contribution in [1.29, 1.82) is 0 Å². The lowest BCUT2D eigenvalue weighted by molar-refractivity contribution is -0.118. The molecule has 6 heteroatoms. The zero-order chi connectivity index (χ0) is 17.3. The summed E-state index contributed by atoms with van der Waals surface area (Å²) in [6.45, 7) is 1.36. The van der Waals surface area contributed by atoms with Crippen LogP contribution in [0.1, 0.15) is 25.3 Å². The van der Waals surface area contributed by atoms with Crippen molar-refractivity contribution in [2.45, 2.75) is 25.2 Å². The van der Waals surface area contributed by atoms with Crippen molar-refractivity contribution in [2.75, 3.05) is 10.6 Å². The highest BCUT2D eigenvalue weighted by atomic mass is 35.5. The molecule has 0 radical (unpaired) electrons. The minimum atomic E-state index is -0.665. The van der Waals surface area contributed by atoms with Gasteiger partial charge in [-0.05, 0) is 48.7 Å². The molecule has 2 aromatic rings.